The highest BCUT2D eigenvalue weighted by atomic mass is 16.6. The molecule has 0 aliphatic carbocycles. The van der Waals surface area contributed by atoms with Crippen molar-refractivity contribution in [3.63, 3.8) is 0 Å². The number of methoxy groups -OCH3 is 2. The standard InChI is InChI=1S/2C8H14O4.CH4/c2*1-5(9)6(2)12-8(10)7(3)11-4;/h2*6-7H,1-4H3;1H4/t2*6-,7+;/m10./s1. The summed E-state index contributed by atoms with van der Waals surface area (Å²) in [7, 11) is 2.81. The number of hydrogen-bond acceptors (Lipinski definition) is 8. The van der Waals surface area contributed by atoms with Gasteiger partial charge in [-0.15, -0.1) is 0 Å². The predicted octanol–water partition coefficient (Wildman–Crippen LogP) is 1.72. The van der Waals surface area contributed by atoms with Crippen LogP contribution in [-0.4, -0.2) is 62.1 Å². The lowest BCUT2D eigenvalue weighted by Crippen LogP contribution is -2.29. The summed E-state index contributed by atoms with van der Waals surface area (Å²) in [5.74, 6) is -1.38. The van der Waals surface area contributed by atoms with E-state index >= 15 is 0 Å². The van der Waals surface area contributed by atoms with Crippen LogP contribution in [0.1, 0.15) is 49.0 Å². The molecule has 0 N–H and O–H groups in total. The van der Waals surface area contributed by atoms with Gasteiger partial charge in [0.1, 0.15) is 0 Å². The zero-order valence-corrected chi connectivity index (χ0v) is 15.6. The fourth-order valence-electron chi connectivity index (χ4n) is 0.899. The zero-order chi connectivity index (χ0) is 19.4. The Kier molecular flexibility index (Phi) is 16.3. The van der Waals surface area contributed by atoms with Crippen molar-refractivity contribution < 1.29 is 38.1 Å². The summed E-state index contributed by atoms with van der Waals surface area (Å²) in [6, 6.07) is 0. The molecule has 0 unspecified atom stereocenters. The second-order valence-corrected chi connectivity index (χ2v) is 5.14. The maximum absolute atomic E-state index is 11.0. The summed E-state index contributed by atoms with van der Waals surface area (Å²) in [6.07, 6.45) is -2.61. The van der Waals surface area contributed by atoms with Crippen molar-refractivity contribution in [1.29, 1.82) is 0 Å². The van der Waals surface area contributed by atoms with Gasteiger partial charge >= 0.3 is 11.9 Å². The van der Waals surface area contributed by atoms with Crippen LogP contribution in [0.3, 0.4) is 0 Å². The first-order valence-corrected chi connectivity index (χ1v) is 7.45. The number of ether oxygens (including phenoxy) is 4. The summed E-state index contributed by atoms with van der Waals surface area (Å²) in [6.45, 7) is 8.93. The lowest BCUT2D eigenvalue weighted by Gasteiger charge is -2.13. The van der Waals surface area contributed by atoms with Gasteiger partial charge in [-0.2, -0.15) is 0 Å². The van der Waals surface area contributed by atoms with Crippen LogP contribution < -0.4 is 0 Å². The molecule has 4 atom stereocenters. The Labute approximate surface area is 150 Å². The molecule has 0 aliphatic heterocycles. The molecule has 25 heavy (non-hydrogen) atoms. The number of hydrogen-bond donors (Lipinski definition) is 0. The minimum atomic E-state index is -0.685. The van der Waals surface area contributed by atoms with Gasteiger partial charge in [0, 0.05) is 14.2 Å². The number of carbonyl (C=O) groups excluding carboxylic acids is 4. The van der Waals surface area contributed by atoms with Crippen molar-refractivity contribution in [2.45, 2.75) is 73.4 Å². The number of rotatable bonds is 8. The average Bonchev–Trinajstić information content (AvgIpc) is 2.53. The monoisotopic (exact) mass is 364 g/mol. The quantitative estimate of drug-likeness (QED) is 0.600. The van der Waals surface area contributed by atoms with Crippen molar-refractivity contribution in [2.24, 2.45) is 0 Å². The molecular formula is C17H32O8. The van der Waals surface area contributed by atoms with Crippen LogP contribution in [0.15, 0.2) is 0 Å². The molecule has 8 heteroatoms. The SMILES string of the molecule is C.CO[C@@H](C)C(=O)O[C@H](C)C(C)=O.CO[C@H](C)C(=O)O[C@@H](C)C(C)=O. The van der Waals surface area contributed by atoms with E-state index < -0.39 is 36.4 Å². The molecule has 148 valence electrons. The number of Topliss-reactive ketones (excluding diaryl/α,β-unsaturated/α-hetero) is 2. The van der Waals surface area contributed by atoms with Crippen LogP contribution in [0.5, 0.6) is 0 Å². The van der Waals surface area contributed by atoms with E-state index in [2.05, 4.69) is 0 Å². The minimum absolute atomic E-state index is 0. The molecule has 8 nitrogen and oxygen atoms in total. The first-order chi connectivity index (χ1) is 11.0. The molecule has 0 aliphatic rings. The average molecular weight is 364 g/mol. The third kappa shape index (κ3) is 13.2. The molecule has 0 rings (SSSR count). The van der Waals surface area contributed by atoms with Gasteiger partial charge < -0.3 is 18.9 Å². The van der Waals surface area contributed by atoms with E-state index in [1.54, 1.807) is 13.8 Å². The Morgan fingerprint density at radius 2 is 0.840 bits per heavy atom. The lowest BCUT2D eigenvalue weighted by atomic mass is 10.3. The van der Waals surface area contributed by atoms with Crippen LogP contribution >= 0.6 is 0 Å². The molecule has 0 aromatic carbocycles. The van der Waals surface area contributed by atoms with Gasteiger partial charge in [-0.3, -0.25) is 9.59 Å². The van der Waals surface area contributed by atoms with Crippen molar-refractivity contribution >= 4 is 23.5 Å². The highest BCUT2D eigenvalue weighted by Crippen LogP contribution is 1.99. The highest BCUT2D eigenvalue weighted by Gasteiger charge is 2.19. The highest BCUT2D eigenvalue weighted by molar-refractivity contribution is 5.84. The van der Waals surface area contributed by atoms with Gasteiger partial charge in [-0.1, -0.05) is 7.43 Å². The van der Waals surface area contributed by atoms with Gasteiger partial charge in [-0.25, -0.2) is 9.59 Å². The predicted molar refractivity (Wildman–Crippen MR) is 92.1 cm³/mol. The Morgan fingerprint density at radius 1 is 0.600 bits per heavy atom. The first-order valence-electron chi connectivity index (χ1n) is 7.45. The topological polar surface area (TPSA) is 105 Å². The Morgan fingerprint density at radius 3 is 1.00 bits per heavy atom. The zero-order valence-electron chi connectivity index (χ0n) is 15.6. The number of ketones is 2. The molecule has 0 aromatic rings. The van der Waals surface area contributed by atoms with Crippen molar-refractivity contribution in [3.05, 3.63) is 0 Å². The van der Waals surface area contributed by atoms with Crippen LogP contribution in [0.4, 0.5) is 0 Å². The lowest BCUT2D eigenvalue weighted by molar-refractivity contribution is -0.162. The van der Waals surface area contributed by atoms with Gasteiger partial charge in [0.15, 0.2) is 36.0 Å². The summed E-state index contributed by atoms with van der Waals surface area (Å²) in [5, 5.41) is 0. The van der Waals surface area contributed by atoms with Gasteiger partial charge in [0.05, 0.1) is 0 Å². The second-order valence-electron chi connectivity index (χ2n) is 5.14. The molecule has 0 amide bonds. The van der Waals surface area contributed by atoms with Crippen LogP contribution in [0.2, 0.25) is 0 Å². The van der Waals surface area contributed by atoms with E-state index in [1.165, 1.54) is 41.9 Å². The molecule has 0 fully saturated rings. The molecule has 0 bridgehead atoms. The van der Waals surface area contributed by atoms with Crippen molar-refractivity contribution in [2.75, 3.05) is 14.2 Å². The van der Waals surface area contributed by atoms with Gasteiger partial charge in [-0.05, 0) is 41.5 Å². The van der Waals surface area contributed by atoms with E-state index in [4.69, 9.17) is 18.9 Å². The smallest absolute Gasteiger partial charge is 0.335 e. The Bertz CT molecular complexity index is 392. The van der Waals surface area contributed by atoms with Crippen molar-refractivity contribution in [3.8, 4) is 0 Å². The largest absolute Gasteiger partial charge is 0.453 e. The molecular weight excluding hydrogens is 332 g/mol. The molecule has 0 aromatic heterocycles. The Balaban J connectivity index is -0.000000372. The molecule has 0 radical (unpaired) electrons. The maximum Gasteiger partial charge on any atom is 0.335 e. The van der Waals surface area contributed by atoms with Gasteiger partial charge in [0.2, 0.25) is 0 Å². The Hall–Kier alpha value is -1.80. The number of carbonyl (C=O) groups is 4. The summed E-state index contributed by atoms with van der Waals surface area (Å²) in [4.78, 5) is 43.3. The minimum Gasteiger partial charge on any atom is -0.453 e. The van der Waals surface area contributed by atoms with Gasteiger partial charge in [0.25, 0.3) is 0 Å². The van der Waals surface area contributed by atoms with Crippen LogP contribution in [0, 0.1) is 0 Å². The van der Waals surface area contributed by atoms with E-state index in [0.29, 0.717) is 0 Å². The first kappa shape index (κ1) is 28.0. The van der Waals surface area contributed by atoms with E-state index in [9.17, 15) is 19.2 Å². The maximum atomic E-state index is 11.0. The van der Waals surface area contributed by atoms with E-state index in [0.717, 1.165) is 0 Å². The summed E-state index contributed by atoms with van der Waals surface area (Å²) >= 11 is 0. The normalized spacial score (nSPS) is 14.4. The number of esters is 2. The van der Waals surface area contributed by atoms with E-state index in [1.807, 2.05) is 0 Å². The van der Waals surface area contributed by atoms with E-state index in [-0.39, 0.29) is 19.0 Å². The van der Waals surface area contributed by atoms with Crippen LogP contribution in [-0.2, 0) is 38.1 Å². The second kappa shape index (κ2) is 14.5. The summed E-state index contributed by atoms with van der Waals surface area (Å²) < 4.78 is 18.9. The van der Waals surface area contributed by atoms with Crippen molar-refractivity contribution in [1.82, 2.24) is 0 Å². The fraction of sp³-hybridized carbons (Fsp3) is 0.765. The van der Waals surface area contributed by atoms with Crippen LogP contribution in [0.25, 0.3) is 0 Å². The molecule has 0 heterocycles. The fourth-order valence-corrected chi connectivity index (χ4v) is 0.899. The third-order valence-electron chi connectivity index (χ3n) is 3.10. The molecule has 0 saturated carbocycles. The molecule has 0 saturated heterocycles. The third-order valence-corrected chi connectivity index (χ3v) is 3.10. The molecule has 0 spiro atoms. The summed E-state index contributed by atoms with van der Waals surface area (Å²) in [5.41, 5.74) is 0.